The lowest BCUT2D eigenvalue weighted by Gasteiger charge is -2.17. The van der Waals surface area contributed by atoms with Crippen molar-refractivity contribution in [3.05, 3.63) is 47.0 Å². The average molecular weight is 344 g/mol. The third kappa shape index (κ3) is 2.61. The zero-order valence-electron chi connectivity index (χ0n) is 13.4. The van der Waals surface area contributed by atoms with Crippen LogP contribution in [0.1, 0.15) is 37.2 Å². The SMILES string of the molecule is Cc1nn(-c2ccc(Cl)cc2)cc1-c1nc(C2(N)CCCC2)no1. The Labute approximate surface area is 144 Å². The fraction of sp³-hybridized carbons (Fsp3) is 0.353. The Bertz CT molecular complexity index is 861. The zero-order valence-corrected chi connectivity index (χ0v) is 14.1. The van der Waals surface area contributed by atoms with E-state index in [0.717, 1.165) is 42.6 Å². The van der Waals surface area contributed by atoms with Crippen molar-refractivity contribution in [3.8, 4) is 17.1 Å². The van der Waals surface area contributed by atoms with Gasteiger partial charge < -0.3 is 10.3 Å². The quantitative estimate of drug-likeness (QED) is 0.785. The van der Waals surface area contributed by atoms with Crippen LogP contribution in [0, 0.1) is 6.92 Å². The van der Waals surface area contributed by atoms with Gasteiger partial charge in [0, 0.05) is 11.2 Å². The summed E-state index contributed by atoms with van der Waals surface area (Å²) in [6, 6.07) is 7.48. The third-order valence-electron chi connectivity index (χ3n) is 4.59. The molecule has 1 aromatic carbocycles. The van der Waals surface area contributed by atoms with Gasteiger partial charge in [0.05, 0.1) is 22.5 Å². The first-order chi connectivity index (χ1) is 11.5. The first-order valence-electron chi connectivity index (χ1n) is 8.01. The molecule has 0 saturated heterocycles. The minimum absolute atomic E-state index is 0.457. The molecule has 4 rings (SSSR count). The second-order valence-corrected chi connectivity index (χ2v) is 6.77. The van der Waals surface area contributed by atoms with E-state index in [1.807, 2.05) is 37.4 Å². The summed E-state index contributed by atoms with van der Waals surface area (Å²) >= 11 is 5.93. The minimum atomic E-state index is -0.457. The van der Waals surface area contributed by atoms with Crippen molar-refractivity contribution in [2.24, 2.45) is 5.73 Å². The maximum Gasteiger partial charge on any atom is 0.261 e. The fourth-order valence-corrected chi connectivity index (χ4v) is 3.29. The Morgan fingerprint density at radius 1 is 1.21 bits per heavy atom. The lowest BCUT2D eigenvalue weighted by atomic mass is 9.99. The van der Waals surface area contributed by atoms with Crippen LogP contribution in [0.3, 0.4) is 0 Å². The molecule has 1 aliphatic carbocycles. The summed E-state index contributed by atoms with van der Waals surface area (Å²) in [6.45, 7) is 1.92. The van der Waals surface area contributed by atoms with E-state index in [4.69, 9.17) is 21.9 Å². The van der Waals surface area contributed by atoms with E-state index < -0.39 is 5.54 Å². The van der Waals surface area contributed by atoms with E-state index in [9.17, 15) is 0 Å². The Hall–Kier alpha value is -2.18. The van der Waals surface area contributed by atoms with Gasteiger partial charge in [0.2, 0.25) is 0 Å². The number of halogens is 1. The number of aryl methyl sites for hydroxylation is 1. The number of hydrogen-bond donors (Lipinski definition) is 1. The van der Waals surface area contributed by atoms with Crippen LogP contribution in [-0.4, -0.2) is 19.9 Å². The largest absolute Gasteiger partial charge is 0.334 e. The molecule has 7 heteroatoms. The van der Waals surface area contributed by atoms with Crippen molar-refractivity contribution in [2.45, 2.75) is 38.1 Å². The Kier molecular flexibility index (Phi) is 3.66. The summed E-state index contributed by atoms with van der Waals surface area (Å²) in [5.41, 5.74) is 8.49. The highest BCUT2D eigenvalue weighted by Gasteiger charge is 2.36. The third-order valence-corrected chi connectivity index (χ3v) is 4.84. The molecule has 3 aromatic rings. The van der Waals surface area contributed by atoms with E-state index in [2.05, 4.69) is 15.2 Å². The van der Waals surface area contributed by atoms with Gasteiger partial charge in [0.1, 0.15) is 0 Å². The molecule has 1 aliphatic rings. The van der Waals surface area contributed by atoms with Crippen LogP contribution in [-0.2, 0) is 5.54 Å². The lowest BCUT2D eigenvalue weighted by Crippen LogP contribution is -2.34. The topological polar surface area (TPSA) is 82.8 Å². The van der Waals surface area contributed by atoms with E-state index in [0.29, 0.717) is 16.7 Å². The van der Waals surface area contributed by atoms with Crippen molar-refractivity contribution >= 4 is 11.6 Å². The number of benzene rings is 1. The second kappa shape index (κ2) is 5.72. The van der Waals surface area contributed by atoms with Crippen LogP contribution in [0.4, 0.5) is 0 Å². The normalized spacial score (nSPS) is 16.6. The summed E-state index contributed by atoms with van der Waals surface area (Å²) in [5, 5.41) is 9.33. The van der Waals surface area contributed by atoms with E-state index in [1.165, 1.54) is 0 Å². The number of rotatable bonds is 3. The van der Waals surface area contributed by atoms with Gasteiger partial charge in [-0.25, -0.2) is 4.68 Å². The molecule has 0 amide bonds. The highest BCUT2D eigenvalue weighted by Crippen LogP contribution is 2.35. The van der Waals surface area contributed by atoms with Crippen molar-refractivity contribution in [2.75, 3.05) is 0 Å². The Balaban J connectivity index is 1.68. The van der Waals surface area contributed by atoms with Gasteiger partial charge in [0.15, 0.2) is 5.82 Å². The highest BCUT2D eigenvalue weighted by molar-refractivity contribution is 6.30. The summed E-state index contributed by atoms with van der Waals surface area (Å²) in [7, 11) is 0. The predicted molar refractivity (Wildman–Crippen MR) is 90.9 cm³/mol. The van der Waals surface area contributed by atoms with Crippen LogP contribution in [0.2, 0.25) is 5.02 Å². The van der Waals surface area contributed by atoms with E-state index in [1.54, 1.807) is 4.68 Å². The van der Waals surface area contributed by atoms with Crippen LogP contribution < -0.4 is 5.73 Å². The van der Waals surface area contributed by atoms with Crippen LogP contribution in [0.5, 0.6) is 0 Å². The molecule has 6 nitrogen and oxygen atoms in total. The predicted octanol–water partition coefficient (Wildman–Crippen LogP) is 3.61. The molecule has 0 spiro atoms. The Morgan fingerprint density at radius 3 is 2.62 bits per heavy atom. The average Bonchev–Trinajstić information content (AvgIpc) is 3.28. The first kappa shape index (κ1) is 15.4. The molecule has 0 aliphatic heterocycles. The van der Waals surface area contributed by atoms with Crippen LogP contribution in [0.25, 0.3) is 17.1 Å². The number of aromatic nitrogens is 4. The monoisotopic (exact) mass is 343 g/mol. The molecule has 124 valence electrons. The molecule has 0 bridgehead atoms. The zero-order chi connectivity index (χ0) is 16.7. The maximum atomic E-state index is 6.40. The number of nitrogens with two attached hydrogens (primary N) is 1. The van der Waals surface area contributed by atoms with Crippen molar-refractivity contribution in [1.29, 1.82) is 0 Å². The summed E-state index contributed by atoms with van der Waals surface area (Å²) in [5.74, 6) is 1.05. The van der Waals surface area contributed by atoms with Gasteiger partial charge in [0.25, 0.3) is 5.89 Å². The highest BCUT2D eigenvalue weighted by atomic mass is 35.5. The van der Waals surface area contributed by atoms with Gasteiger partial charge in [-0.2, -0.15) is 10.1 Å². The van der Waals surface area contributed by atoms with Crippen LogP contribution >= 0.6 is 11.6 Å². The van der Waals surface area contributed by atoms with Gasteiger partial charge in [-0.15, -0.1) is 0 Å². The number of hydrogen-bond acceptors (Lipinski definition) is 5. The molecule has 0 radical (unpaired) electrons. The molecule has 0 unspecified atom stereocenters. The molecular formula is C17H18ClN5O. The lowest BCUT2D eigenvalue weighted by molar-refractivity contribution is 0.372. The molecular weight excluding hydrogens is 326 g/mol. The number of nitrogens with zero attached hydrogens (tertiary/aromatic N) is 4. The smallest absolute Gasteiger partial charge is 0.261 e. The molecule has 0 atom stereocenters. The summed E-state index contributed by atoms with van der Waals surface area (Å²) < 4.78 is 7.24. The van der Waals surface area contributed by atoms with Crippen molar-refractivity contribution < 1.29 is 4.52 Å². The van der Waals surface area contributed by atoms with Gasteiger partial charge in [-0.1, -0.05) is 29.6 Å². The molecule has 2 N–H and O–H groups in total. The molecule has 2 heterocycles. The molecule has 2 aromatic heterocycles. The van der Waals surface area contributed by atoms with Crippen molar-refractivity contribution in [3.63, 3.8) is 0 Å². The molecule has 1 saturated carbocycles. The molecule has 24 heavy (non-hydrogen) atoms. The van der Waals surface area contributed by atoms with E-state index >= 15 is 0 Å². The van der Waals surface area contributed by atoms with Gasteiger partial charge >= 0.3 is 0 Å². The maximum absolute atomic E-state index is 6.40. The van der Waals surface area contributed by atoms with Crippen molar-refractivity contribution in [1.82, 2.24) is 19.9 Å². The van der Waals surface area contributed by atoms with E-state index in [-0.39, 0.29) is 0 Å². The van der Waals surface area contributed by atoms with Crippen LogP contribution in [0.15, 0.2) is 35.0 Å². The second-order valence-electron chi connectivity index (χ2n) is 6.34. The molecule has 1 fully saturated rings. The minimum Gasteiger partial charge on any atom is -0.334 e. The first-order valence-corrected chi connectivity index (χ1v) is 8.39. The van der Waals surface area contributed by atoms with Gasteiger partial charge in [-0.05, 0) is 44.0 Å². The Morgan fingerprint density at radius 2 is 1.92 bits per heavy atom. The summed E-state index contributed by atoms with van der Waals surface area (Å²) in [6.07, 6.45) is 5.89. The standard InChI is InChI=1S/C17H18ClN5O/c1-11-14(10-23(21-11)13-6-4-12(18)5-7-13)15-20-16(22-24-15)17(19)8-2-3-9-17/h4-7,10H,2-3,8-9,19H2,1H3. The van der Waals surface area contributed by atoms with Gasteiger partial charge in [-0.3, -0.25) is 0 Å². The fourth-order valence-electron chi connectivity index (χ4n) is 3.16. The summed E-state index contributed by atoms with van der Waals surface area (Å²) in [4.78, 5) is 4.54.